The largest absolute Gasteiger partial charge is 0.339 e. The first kappa shape index (κ1) is 18.9. The fourth-order valence-electron chi connectivity index (χ4n) is 3.27. The topological polar surface area (TPSA) is 66.5 Å². The van der Waals surface area contributed by atoms with Crippen molar-refractivity contribution in [3.63, 3.8) is 0 Å². The Morgan fingerprint density at radius 1 is 1.00 bits per heavy atom. The van der Waals surface area contributed by atoms with Crippen molar-refractivity contribution in [1.82, 2.24) is 4.90 Å². The molecular formula is C19H24N2O3S2. The predicted octanol–water partition coefficient (Wildman–Crippen LogP) is 4.18. The molecule has 0 saturated carbocycles. The molecule has 1 aromatic carbocycles. The Hall–Kier alpha value is -1.86. The number of nitrogens with zero attached hydrogens (tertiary/aromatic N) is 1. The number of anilines is 1. The number of aryl methyl sites for hydroxylation is 2. The Labute approximate surface area is 159 Å². The van der Waals surface area contributed by atoms with Gasteiger partial charge in [-0.3, -0.25) is 9.52 Å². The van der Waals surface area contributed by atoms with Crippen LogP contribution in [0.1, 0.15) is 47.2 Å². The van der Waals surface area contributed by atoms with Crippen LogP contribution in [0.4, 0.5) is 5.69 Å². The molecule has 1 fully saturated rings. The second-order valence-corrected chi connectivity index (χ2v) is 9.66. The standard InChI is InChI=1S/C19H24N2O3S2/c1-14-9-15(2)11-17(10-14)20-26(23,24)18-12-16(13-25-18)19(22)21-7-5-3-4-6-8-21/h9-13,20H,3-8H2,1-2H3. The molecule has 1 aliphatic rings. The SMILES string of the molecule is Cc1cc(C)cc(NS(=O)(=O)c2cc(C(=O)N3CCCCCC3)cs2)c1. The number of carbonyl (C=O) groups excluding carboxylic acids is 1. The van der Waals surface area contributed by atoms with Gasteiger partial charge in [0.2, 0.25) is 0 Å². The average molecular weight is 393 g/mol. The van der Waals surface area contributed by atoms with Crippen LogP contribution in [0.2, 0.25) is 0 Å². The Morgan fingerprint density at radius 2 is 1.62 bits per heavy atom. The van der Waals surface area contributed by atoms with Gasteiger partial charge in [0.1, 0.15) is 4.21 Å². The van der Waals surface area contributed by atoms with Gasteiger partial charge in [-0.05, 0) is 56.0 Å². The lowest BCUT2D eigenvalue weighted by atomic mass is 10.1. The van der Waals surface area contributed by atoms with Gasteiger partial charge >= 0.3 is 0 Å². The average Bonchev–Trinajstić information content (AvgIpc) is 2.90. The summed E-state index contributed by atoms with van der Waals surface area (Å²) < 4.78 is 28.1. The molecule has 0 aliphatic carbocycles. The summed E-state index contributed by atoms with van der Waals surface area (Å²) in [6, 6.07) is 7.06. The number of amides is 1. The maximum atomic E-state index is 12.7. The van der Waals surface area contributed by atoms with Crippen LogP contribution in [0, 0.1) is 13.8 Å². The van der Waals surface area contributed by atoms with Crippen LogP contribution in [0.25, 0.3) is 0 Å². The van der Waals surface area contributed by atoms with E-state index in [1.165, 1.54) is 6.07 Å². The predicted molar refractivity (Wildman–Crippen MR) is 105 cm³/mol. The van der Waals surface area contributed by atoms with Gasteiger partial charge in [-0.15, -0.1) is 11.3 Å². The molecule has 1 aromatic heterocycles. The summed E-state index contributed by atoms with van der Waals surface area (Å²) in [4.78, 5) is 14.5. The maximum absolute atomic E-state index is 12.7. The van der Waals surface area contributed by atoms with Crippen molar-refractivity contribution in [2.45, 2.75) is 43.7 Å². The zero-order valence-electron chi connectivity index (χ0n) is 15.1. The van der Waals surface area contributed by atoms with Crippen LogP contribution in [0.15, 0.2) is 33.9 Å². The Morgan fingerprint density at radius 3 is 2.23 bits per heavy atom. The van der Waals surface area contributed by atoms with Gasteiger partial charge in [-0.1, -0.05) is 18.9 Å². The fourth-order valence-corrected chi connectivity index (χ4v) is 5.46. The molecule has 1 aliphatic heterocycles. The normalized spacial score (nSPS) is 15.5. The summed E-state index contributed by atoms with van der Waals surface area (Å²) in [6.45, 7) is 5.34. The lowest BCUT2D eigenvalue weighted by Gasteiger charge is -2.19. The minimum atomic E-state index is -3.70. The summed E-state index contributed by atoms with van der Waals surface area (Å²) in [7, 11) is -3.70. The summed E-state index contributed by atoms with van der Waals surface area (Å²) in [5.74, 6) is -0.0731. The number of benzene rings is 1. The molecule has 0 radical (unpaired) electrons. The van der Waals surface area contributed by atoms with Gasteiger partial charge in [0.15, 0.2) is 0 Å². The first-order chi connectivity index (χ1) is 12.3. The highest BCUT2D eigenvalue weighted by Crippen LogP contribution is 2.25. The van der Waals surface area contributed by atoms with E-state index in [-0.39, 0.29) is 10.1 Å². The number of hydrogen-bond donors (Lipinski definition) is 1. The van der Waals surface area contributed by atoms with E-state index in [1.807, 2.05) is 24.8 Å². The van der Waals surface area contributed by atoms with Gasteiger partial charge in [0.05, 0.1) is 5.56 Å². The number of carbonyl (C=O) groups is 1. The van der Waals surface area contributed by atoms with Crippen molar-refractivity contribution in [3.8, 4) is 0 Å². The van der Waals surface area contributed by atoms with Crippen LogP contribution in [0.3, 0.4) is 0 Å². The van der Waals surface area contributed by atoms with Crippen molar-refractivity contribution in [2.24, 2.45) is 0 Å². The smallest absolute Gasteiger partial charge is 0.271 e. The number of hydrogen-bond acceptors (Lipinski definition) is 4. The van der Waals surface area contributed by atoms with Crippen LogP contribution in [-0.2, 0) is 10.0 Å². The molecule has 1 amide bonds. The Bertz CT molecular complexity index is 875. The quantitative estimate of drug-likeness (QED) is 0.849. The van der Waals surface area contributed by atoms with Crippen LogP contribution in [-0.4, -0.2) is 32.3 Å². The van der Waals surface area contributed by atoms with Crippen LogP contribution >= 0.6 is 11.3 Å². The Balaban J connectivity index is 1.78. The number of sulfonamides is 1. The van der Waals surface area contributed by atoms with Crippen LogP contribution < -0.4 is 4.72 Å². The highest BCUT2D eigenvalue weighted by Gasteiger charge is 2.23. The van der Waals surface area contributed by atoms with Crippen LogP contribution in [0.5, 0.6) is 0 Å². The summed E-state index contributed by atoms with van der Waals surface area (Å²) in [6.07, 6.45) is 4.31. The molecule has 0 unspecified atom stereocenters. The molecular weight excluding hydrogens is 368 g/mol. The molecule has 3 rings (SSSR count). The number of likely N-dealkylation sites (tertiary alicyclic amines) is 1. The van der Waals surface area contributed by atoms with Crippen molar-refractivity contribution in [2.75, 3.05) is 17.8 Å². The van der Waals surface area contributed by atoms with E-state index in [0.717, 1.165) is 61.2 Å². The molecule has 7 heteroatoms. The highest BCUT2D eigenvalue weighted by atomic mass is 32.2. The minimum absolute atomic E-state index is 0.0731. The fraction of sp³-hybridized carbons (Fsp3) is 0.421. The third kappa shape index (κ3) is 4.45. The summed E-state index contributed by atoms with van der Waals surface area (Å²) in [5, 5.41) is 1.64. The molecule has 2 aromatic rings. The molecule has 5 nitrogen and oxygen atoms in total. The molecule has 0 atom stereocenters. The zero-order valence-corrected chi connectivity index (χ0v) is 16.8. The van der Waals surface area contributed by atoms with Crippen molar-refractivity contribution in [3.05, 3.63) is 46.3 Å². The van der Waals surface area contributed by atoms with E-state index in [0.29, 0.717) is 11.3 Å². The molecule has 2 heterocycles. The van der Waals surface area contributed by atoms with E-state index in [1.54, 1.807) is 17.5 Å². The number of rotatable bonds is 4. The second kappa shape index (κ2) is 7.80. The molecule has 1 saturated heterocycles. The molecule has 0 spiro atoms. The first-order valence-corrected chi connectivity index (χ1v) is 11.2. The molecule has 26 heavy (non-hydrogen) atoms. The minimum Gasteiger partial charge on any atom is -0.339 e. The van der Waals surface area contributed by atoms with Gasteiger partial charge in [-0.2, -0.15) is 0 Å². The van der Waals surface area contributed by atoms with E-state index >= 15 is 0 Å². The van der Waals surface area contributed by atoms with Crippen molar-refractivity contribution < 1.29 is 13.2 Å². The summed E-state index contributed by atoms with van der Waals surface area (Å²) in [5.41, 5.74) is 2.98. The lowest BCUT2D eigenvalue weighted by Crippen LogP contribution is -2.31. The zero-order chi connectivity index (χ0) is 18.7. The number of nitrogens with one attached hydrogen (secondary N) is 1. The van der Waals surface area contributed by atoms with Crippen molar-refractivity contribution in [1.29, 1.82) is 0 Å². The van der Waals surface area contributed by atoms with Gasteiger partial charge in [-0.25, -0.2) is 8.42 Å². The van der Waals surface area contributed by atoms with E-state index in [4.69, 9.17) is 0 Å². The summed E-state index contributed by atoms with van der Waals surface area (Å²) >= 11 is 1.08. The third-order valence-electron chi connectivity index (χ3n) is 4.45. The third-order valence-corrected chi connectivity index (χ3v) is 7.28. The van der Waals surface area contributed by atoms with E-state index < -0.39 is 10.0 Å². The van der Waals surface area contributed by atoms with Gasteiger partial charge < -0.3 is 4.90 Å². The lowest BCUT2D eigenvalue weighted by molar-refractivity contribution is 0.0762. The Kier molecular flexibility index (Phi) is 5.67. The molecule has 140 valence electrons. The van der Waals surface area contributed by atoms with E-state index in [2.05, 4.69) is 4.72 Å². The maximum Gasteiger partial charge on any atom is 0.271 e. The van der Waals surface area contributed by atoms with Crippen molar-refractivity contribution >= 4 is 33.0 Å². The van der Waals surface area contributed by atoms with Gasteiger partial charge in [0.25, 0.3) is 15.9 Å². The first-order valence-electron chi connectivity index (χ1n) is 8.84. The molecule has 1 N–H and O–H groups in total. The molecule has 0 bridgehead atoms. The monoisotopic (exact) mass is 392 g/mol. The second-order valence-electron chi connectivity index (χ2n) is 6.84. The highest BCUT2D eigenvalue weighted by molar-refractivity contribution is 7.94. The number of thiophene rings is 1. The van der Waals surface area contributed by atoms with Gasteiger partial charge in [0, 0.05) is 24.2 Å². The van der Waals surface area contributed by atoms with E-state index in [9.17, 15) is 13.2 Å².